The van der Waals surface area contributed by atoms with Crippen molar-refractivity contribution in [2.75, 3.05) is 20.1 Å². The number of carboxylic acid groups (broad SMARTS) is 1. The molecule has 7 heteroatoms. The largest absolute Gasteiger partial charge is 0.480 e. The quantitative estimate of drug-likeness (QED) is 0.724. The van der Waals surface area contributed by atoms with Crippen LogP contribution in [0.15, 0.2) is 0 Å². The molecule has 0 aliphatic carbocycles. The van der Waals surface area contributed by atoms with Crippen molar-refractivity contribution in [2.24, 2.45) is 11.7 Å². The number of nitrogens with two attached hydrogens (primary N) is 1. The van der Waals surface area contributed by atoms with Crippen LogP contribution in [0.5, 0.6) is 0 Å². The zero-order valence-electron chi connectivity index (χ0n) is 10.6. The molecule has 2 atom stereocenters. The molecule has 0 aromatic carbocycles. The number of urea groups is 1. The highest BCUT2D eigenvalue weighted by molar-refractivity contribution is 5.85. The van der Waals surface area contributed by atoms with Crippen molar-refractivity contribution in [1.82, 2.24) is 9.80 Å². The second-order valence-corrected chi connectivity index (χ2v) is 4.59. The SMILES string of the molecule is CC(C(=O)O)N(C)C(=O)C1CCCN(C(N)=O)C1. The fourth-order valence-corrected chi connectivity index (χ4v) is 2.02. The van der Waals surface area contributed by atoms with E-state index < -0.39 is 18.0 Å². The molecule has 0 saturated carbocycles. The summed E-state index contributed by atoms with van der Waals surface area (Å²) in [4.78, 5) is 36.6. The number of amides is 3. The molecule has 3 amide bonds. The predicted molar refractivity (Wildman–Crippen MR) is 63.7 cm³/mol. The normalized spacial score (nSPS) is 21.2. The van der Waals surface area contributed by atoms with Gasteiger partial charge in [0.15, 0.2) is 0 Å². The zero-order valence-corrected chi connectivity index (χ0v) is 10.6. The average molecular weight is 257 g/mol. The van der Waals surface area contributed by atoms with Crippen molar-refractivity contribution < 1.29 is 19.5 Å². The summed E-state index contributed by atoms with van der Waals surface area (Å²) in [6, 6.07) is -1.41. The lowest BCUT2D eigenvalue weighted by atomic mass is 9.96. The summed E-state index contributed by atoms with van der Waals surface area (Å²) < 4.78 is 0. The molecule has 102 valence electrons. The fourth-order valence-electron chi connectivity index (χ4n) is 2.02. The summed E-state index contributed by atoms with van der Waals surface area (Å²) in [5.41, 5.74) is 5.18. The number of hydrogen-bond donors (Lipinski definition) is 2. The second-order valence-electron chi connectivity index (χ2n) is 4.59. The molecular weight excluding hydrogens is 238 g/mol. The number of rotatable bonds is 3. The van der Waals surface area contributed by atoms with E-state index in [1.807, 2.05) is 0 Å². The van der Waals surface area contributed by atoms with Gasteiger partial charge in [-0.05, 0) is 19.8 Å². The Morgan fingerprint density at radius 2 is 2.06 bits per heavy atom. The van der Waals surface area contributed by atoms with Crippen molar-refractivity contribution >= 4 is 17.9 Å². The molecule has 0 bridgehead atoms. The Hall–Kier alpha value is -1.79. The maximum absolute atomic E-state index is 12.1. The molecule has 7 nitrogen and oxygen atoms in total. The first-order chi connectivity index (χ1) is 8.34. The molecule has 1 aliphatic rings. The standard InChI is InChI=1S/C11H19N3O4/c1-7(10(16)17)13(2)9(15)8-4-3-5-14(6-8)11(12)18/h7-8H,3-6H2,1-2H3,(H2,12,18)(H,16,17). The predicted octanol–water partition coefficient (Wildman–Crippen LogP) is -0.291. The van der Waals surface area contributed by atoms with E-state index in [1.54, 1.807) is 0 Å². The number of primary amides is 1. The van der Waals surface area contributed by atoms with Crippen molar-refractivity contribution in [3.8, 4) is 0 Å². The molecule has 1 heterocycles. The maximum Gasteiger partial charge on any atom is 0.326 e. The summed E-state index contributed by atoms with van der Waals surface area (Å²) in [6.07, 6.45) is 1.36. The van der Waals surface area contributed by atoms with Gasteiger partial charge in [-0.1, -0.05) is 0 Å². The highest BCUT2D eigenvalue weighted by Gasteiger charge is 2.32. The van der Waals surface area contributed by atoms with Crippen molar-refractivity contribution in [3.63, 3.8) is 0 Å². The minimum Gasteiger partial charge on any atom is -0.480 e. The van der Waals surface area contributed by atoms with E-state index >= 15 is 0 Å². The van der Waals surface area contributed by atoms with Crippen LogP contribution >= 0.6 is 0 Å². The zero-order chi connectivity index (χ0) is 13.9. The number of carbonyl (C=O) groups is 3. The lowest BCUT2D eigenvalue weighted by Crippen LogP contribution is -2.50. The van der Waals surface area contributed by atoms with Crippen LogP contribution < -0.4 is 5.73 Å². The second kappa shape index (κ2) is 5.70. The van der Waals surface area contributed by atoms with Crippen LogP contribution in [-0.4, -0.2) is 59.0 Å². The lowest BCUT2D eigenvalue weighted by Gasteiger charge is -2.33. The molecule has 0 aromatic heterocycles. The summed E-state index contributed by atoms with van der Waals surface area (Å²) in [7, 11) is 1.46. The third-order valence-electron chi connectivity index (χ3n) is 3.37. The molecule has 0 radical (unpaired) electrons. The summed E-state index contributed by atoms with van der Waals surface area (Å²) in [6.45, 7) is 2.27. The van der Waals surface area contributed by atoms with E-state index in [0.29, 0.717) is 19.4 Å². The monoisotopic (exact) mass is 257 g/mol. The van der Waals surface area contributed by atoms with E-state index in [-0.39, 0.29) is 18.4 Å². The van der Waals surface area contributed by atoms with Gasteiger partial charge in [-0.3, -0.25) is 4.79 Å². The Morgan fingerprint density at radius 1 is 1.44 bits per heavy atom. The van der Waals surface area contributed by atoms with Gasteiger partial charge in [0.25, 0.3) is 0 Å². The Balaban J connectivity index is 2.66. The van der Waals surface area contributed by atoms with Gasteiger partial charge in [0.1, 0.15) is 6.04 Å². The van der Waals surface area contributed by atoms with Crippen LogP contribution in [0.1, 0.15) is 19.8 Å². The lowest BCUT2D eigenvalue weighted by molar-refractivity contribution is -0.150. The molecule has 1 rings (SSSR count). The molecule has 18 heavy (non-hydrogen) atoms. The van der Waals surface area contributed by atoms with Gasteiger partial charge in [0.2, 0.25) is 5.91 Å². The molecular formula is C11H19N3O4. The van der Waals surface area contributed by atoms with E-state index in [4.69, 9.17) is 10.8 Å². The van der Waals surface area contributed by atoms with Gasteiger partial charge in [0, 0.05) is 20.1 Å². The topological polar surface area (TPSA) is 104 Å². The van der Waals surface area contributed by atoms with Crippen LogP contribution in [0.25, 0.3) is 0 Å². The van der Waals surface area contributed by atoms with Crippen LogP contribution in [0.3, 0.4) is 0 Å². The first-order valence-corrected chi connectivity index (χ1v) is 5.88. The molecule has 2 unspecified atom stereocenters. The van der Waals surface area contributed by atoms with Crippen molar-refractivity contribution in [3.05, 3.63) is 0 Å². The van der Waals surface area contributed by atoms with Crippen LogP contribution in [0.4, 0.5) is 4.79 Å². The van der Waals surface area contributed by atoms with E-state index in [9.17, 15) is 14.4 Å². The number of likely N-dealkylation sites (tertiary alicyclic amines) is 1. The Labute approximate surface area is 106 Å². The Bertz CT molecular complexity index is 358. The minimum absolute atomic E-state index is 0.254. The average Bonchev–Trinajstić information content (AvgIpc) is 2.36. The van der Waals surface area contributed by atoms with Gasteiger partial charge < -0.3 is 20.6 Å². The maximum atomic E-state index is 12.1. The minimum atomic E-state index is -1.05. The number of hydrogen-bond acceptors (Lipinski definition) is 3. The third-order valence-corrected chi connectivity index (χ3v) is 3.37. The molecule has 1 aliphatic heterocycles. The number of aliphatic carboxylic acids is 1. The van der Waals surface area contributed by atoms with Gasteiger partial charge >= 0.3 is 12.0 Å². The van der Waals surface area contributed by atoms with E-state index in [0.717, 1.165) is 0 Å². The molecule has 3 N–H and O–H groups in total. The van der Waals surface area contributed by atoms with E-state index in [1.165, 1.54) is 23.8 Å². The van der Waals surface area contributed by atoms with Crippen LogP contribution in [0, 0.1) is 5.92 Å². The first-order valence-electron chi connectivity index (χ1n) is 5.88. The Kier molecular flexibility index (Phi) is 4.52. The van der Waals surface area contributed by atoms with Crippen molar-refractivity contribution in [2.45, 2.75) is 25.8 Å². The highest BCUT2D eigenvalue weighted by atomic mass is 16.4. The number of likely N-dealkylation sites (N-methyl/N-ethyl adjacent to an activating group) is 1. The molecule has 1 saturated heterocycles. The smallest absolute Gasteiger partial charge is 0.326 e. The van der Waals surface area contributed by atoms with Gasteiger partial charge in [-0.2, -0.15) is 0 Å². The number of nitrogens with zero attached hydrogens (tertiary/aromatic N) is 2. The third kappa shape index (κ3) is 3.12. The van der Waals surface area contributed by atoms with Gasteiger partial charge in [0.05, 0.1) is 5.92 Å². The Morgan fingerprint density at radius 3 is 2.56 bits per heavy atom. The van der Waals surface area contributed by atoms with Crippen LogP contribution in [-0.2, 0) is 9.59 Å². The summed E-state index contributed by atoms with van der Waals surface area (Å²) in [5, 5.41) is 8.86. The number of carbonyl (C=O) groups excluding carboxylic acids is 2. The fraction of sp³-hybridized carbons (Fsp3) is 0.727. The molecule has 0 spiro atoms. The van der Waals surface area contributed by atoms with Gasteiger partial charge in [-0.25, -0.2) is 9.59 Å². The van der Waals surface area contributed by atoms with Gasteiger partial charge in [-0.15, -0.1) is 0 Å². The summed E-state index contributed by atoms with van der Waals surface area (Å²) in [5.74, 6) is -1.66. The molecule has 1 fully saturated rings. The molecule has 0 aromatic rings. The van der Waals surface area contributed by atoms with E-state index in [2.05, 4.69) is 0 Å². The summed E-state index contributed by atoms with van der Waals surface area (Å²) >= 11 is 0. The highest BCUT2D eigenvalue weighted by Crippen LogP contribution is 2.19. The first kappa shape index (κ1) is 14.3. The number of piperidine rings is 1. The number of carboxylic acids is 1. The van der Waals surface area contributed by atoms with Crippen molar-refractivity contribution in [1.29, 1.82) is 0 Å². The van der Waals surface area contributed by atoms with Crippen LogP contribution in [0.2, 0.25) is 0 Å².